The van der Waals surface area contributed by atoms with Crippen LogP contribution in [-0.2, 0) is 21.4 Å². The summed E-state index contributed by atoms with van der Waals surface area (Å²) in [5.74, 6) is -0.0769. The van der Waals surface area contributed by atoms with E-state index < -0.39 is 10.0 Å². The van der Waals surface area contributed by atoms with Crippen LogP contribution in [-0.4, -0.2) is 56.8 Å². The number of aryl methyl sites for hydroxylation is 1. The van der Waals surface area contributed by atoms with E-state index in [1.165, 1.54) is 15.6 Å². The molecule has 2 aromatic rings. The predicted octanol–water partition coefficient (Wildman–Crippen LogP) is 2.35. The molecule has 0 saturated carbocycles. The Morgan fingerprint density at radius 2 is 1.88 bits per heavy atom. The second-order valence-corrected chi connectivity index (χ2v) is 9.65. The number of rotatable bonds is 5. The smallest absolute Gasteiger partial charge is 0.253 e. The molecule has 0 aliphatic carbocycles. The van der Waals surface area contributed by atoms with Crippen LogP contribution in [0.15, 0.2) is 40.6 Å². The van der Waals surface area contributed by atoms with E-state index in [1.54, 1.807) is 24.1 Å². The lowest BCUT2D eigenvalue weighted by Crippen LogP contribution is -2.50. The average molecular weight is 395 g/mol. The van der Waals surface area contributed by atoms with Crippen LogP contribution in [0.3, 0.4) is 0 Å². The van der Waals surface area contributed by atoms with Crippen molar-refractivity contribution in [3.8, 4) is 0 Å². The molecule has 3 rings (SSSR count). The molecule has 2 heterocycles. The zero-order valence-electron chi connectivity index (χ0n) is 14.8. The highest BCUT2D eigenvalue weighted by Gasteiger charge is 2.31. The van der Waals surface area contributed by atoms with E-state index >= 15 is 0 Å². The first-order chi connectivity index (χ1) is 12.4. The number of amides is 1. The first-order valence-electron chi connectivity index (χ1n) is 8.35. The lowest BCUT2D eigenvalue weighted by molar-refractivity contribution is 0.0697. The fourth-order valence-corrected chi connectivity index (χ4v) is 5.81. The Hall–Kier alpha value is -1.74. The molecule has 0 N–H and O–H groups in total. The number of ether oxygens (including phenoxy) is 1. The zero-order valence-corrected chi connectivity index (χ0v) is 16.5. The number of hydrogen-bond acceptors (Lipinski definition) is 5. The van der Waals surface area contributed by atoms with E-state index in [4.69, 9.17) is 4.74 Å². The normalized spacial score (nSPS) is 16.0. The summed E-state index contributed by atoms with van der Waals surface area (Å²) in [6.45, 7) is 3.73. The van der Waals surface area contributed by atoms with Crippen molar-refractivity contribution in [2.75, 3.05) is 33.3 Å². The lowest BCUT2D eigenvalue weighted by Gasteiger charge is -2.33. The van der Waals surface area contributed by atoms with Gasteiger partial charge in [-0.05, 0) is 36.8 Å². The Morgan fingerprint density at radius 1 is 1.15 bits per heavy atom. The molecule has 140 valence electrons. The Kier molecular flexibility index (Phi) is 5.76. The van der Waals surface area contributed by atoms with Gasteiger partial charge in [0.25, 0.3) is 15.9 Å². The zero-order chi connectivity index (χ0) is 18.7. The fraction of sp³-hybridized carbons (Fsp3) is 0.389. The van der Waals surface area contributed by atoms with Gasteiger partial charge in [-0.2, -0.15) is 4.31 Å². The lowest BCUT2D eigenvalue weighted by atomic mass is 10.1. The molecule has 0 radical (unpaired) electrons. The van der Waals surface area contributed by atoms with Gasteiger partial charge in [0.15, 0.2) is 0 Å². The van der Waals surface area contributed by atoms with E-state index in [-0.39, 0.29) is 5.91 Å². The molecule has 1 saturated heterocycles. The Morgan fingerprint density at radius 3 is 2.50 bits per heavy atom. The second-order valence-electron chi connectivity index (χ2n) is 6.19. The number of thiophene rings is 1. The van der Waals surface area contributed by atoms with Crippen LogP contribution in [0.2, 0.25) is 0 Å². The summed E-state index contributed by atoms with van der Waals surface area (Å²) in [7, 11) is -1.86. The van der Waals surface area contributed by atoms with Gasteiger partial charge in [0, 0.05) is 43.7 Å². The van der Waals surface area contributed by atoms with Gasteiger partial charge in [-0.3, -0.25) is 4.79 Å². The topological polar surface area (TPSA) is 66.9 Å². The van der Waals surface area contributed by atoms with Crippen LogP contribution in [0.4, 0.5) is 0 Å². The number of piperazine rings is 1. The molecule has 1 aliphatic heterocycles. The van der Waals surface area contributed by atoms with Crippen molar-refractivity contribution in [1.82, 2.24) is 9.21 Å². The van der Waals surface area contributed by atoms with Gasteiger partial charge in [0.1, 0.15) is 4.21 Å². The SMILES string of the molecule is COCc1cccc(C(=O)N2CCN(S(=O)(=O)c3ccc(C)s3)CC2)c1. The molecule has 6 nitrogen and oxygen atoms in total. The first kappa shape index (κ1) is 19.0. The summed E-state index contributed by atoms with van der Waals surface area (Å²) in [4.78, 5) is 15.4. The standard InChI is InChI=1S/C18H22N2O4S2/c1-14-6-7-17(25-14)26(22,23)20-10-8-19(9-11-20)18(21)16-5-3-4-15(12-16)13-24-2/h3-7,12H,8-11,13H2,1-2H3. The monoisotopic (exact) mass is 394 g/mol. The van der Waals surface area contributed by atoms with E-state index in [1.807, 2.05) is 31.2 Å². The number of nitrogens with zero attached hydrogens (tertiary/aromatic N) is 2. The molecule has 1 fully saturated rings. The van der Waals surface area contributed by atoms with Crippen LogP contribution in [0.25, 0.3) is 0 Å². The summed E-state index contributed by atoms with van der Waals surface area (Å²) in [6.07, 6.45) is 0. The molecule has 0 bridgehead atoms. The van der Waals surface area contributed by atoms with Crippen molar-refractivity contribution in [3.05, 3.63) is 52.4 Å². The molecular weight excluding hydrogens is 372 g/mol. The summed E-state index contributed by atoms with van der Waals surface area (Å²) in [5, 5.41) is 0. The van der Waals surface area contributed by atoms with Gasteiger partial charge in [-0.25, -0.2) is 8.42 Å². The molecule has 1 aromatic heterocycles. The largest absolute Gasteiger partial charge is 0.380 e. The maximum Gasteiger partial charge on any atom is 0.253 e. The number of hydrogen-bond donors (Lipinski definition) is 0. The minimum Gasteiger partial charge on any atom is -0.380 e. The van der Waals surface area contributed by atoms with Gasteiger partial charge in [0.2, 0.25) is 0 Å². The van der Waals surface area contributed by atoms with Crippen LogP contribution < -0.4 is 0 Å². The molecule has 26 heavy (non-hydrogen) atoms. The van der Waals surface area contributed by atoms with Gasteiger partial charge in [-0.1, -0.05) is 12.1 Å². The molecule has 0 unspecified atom stereocenters. The van der Waals surface area contributed by atoms with Crippen LogP contribution in [0.1, 0.15) is 20.8 Å². The van der Waals surface area contributed by atoms with Gasteiger partial charge in [-0.15, -0.1) is 11.3 Å². The summed E-state index contributed by atoms with van der Waals surface area (Å²) < 4.78 is 32.3. The number of sulfonamides is 1. The number of carbonyl (C=O) groups is 1. The summed E-state index contributed by atoms with van der Waals surface area (Å²) >= 11 is 1.28. The van der Waals surface area contributed by atoms with E-state index in [9.17, 15) is 13.2 Å². The molecular formula is C18H22N2O4S2. The third-order valence-corrected chi connectivity index (χ3v) is 7.69. The van der Waals surface area contributed by atoms with Crippen molar-refractivity contribution in [2.45, 2.75) is 17.7 Å². The number of methoxy groups -OCH3 is 1. The van der Waals surface area contributed by atoms with Crippen molar-refractivity contribution >= 4 is 27.3 Å². The van der Waals surface area contributed by atoms with Crippen molar-refractivity contribution in [3.63, 3.8) is 0 Å². The highest BCUT2D eigenvalue weighted by atomic mass is 32.2. The highest BCUT2D eigenvalue weighted by molar-refractivity contribution is 7.91. The third kappa shape index (κ3) is 3.98. The first-order valence-corrected chi connectivity index (χ1v) is 10.6. The number of benzene rings is 1. The van der Waals surface area contributed by atoms with E-state index in [2.05, 4.69) is 0 Å². The Balaban J connectivity index is 1.66. The maximum atomic E-state index is 12.7. The van der Waals surface area contributed by atoms with E-state index in [0.29, 0.717) is 42.6 Å². The average Bonchev–Trinajstić information content (AvgIpc) is 3.09. The van der Waals surface area contributed by atoms with Crippen LogP contribution in [0.5, 0.6) is 0 Å². The minimum atomic E-state index is -3.47. The summed E-state index contributed by atoms with van der Waals surface area (Å²) in [6, 6.07) is 10.8. The molecule has 0 spiro atoms. The maximum absolute atomic E-state index is 12.7. The second kappa shape index (κ2) is 7.87. The fourth-order valence-electron chi connectivity index (χ4n) is 2.95. The highest BCUT2D eigenvalue weighted by Crippen LogP contribution is 2.25. The van der Waals surface area contributed by atoms with Gasteiger partial charge >= 0.3 is 0 Å². The van der Waals surface area contributed by atoms with E-state index in [0.717, 1.165) is 10.4 Å². The van der Waals surface area contributed by atoms with Crippen LogP contribution in [0, 0.1) is 6.92 Å². The minimum absolute atomic E-state index is 0.0769. The van der Waals surface area contributed by atoms with Gasteiger partial charge in [0.05, 0.1) is 6.61 Å². The molecule has 1 aromatic carbocycles. The molecule has 1 amide bonds. The quantitative estimate of drug-likeness (QED) is 0.781. The van der Waals surface area contributed by atoms with Crippen molar-refractivity contribution in [2.24, 2.45) is 0 Å². The number of carbonyl (C=O) groups excluding carboxylic acids is 1. The predicted molar refractivity (Wildman–Crippen MR) is 101 cm³/mol. The molecule has 0 atom stereocenters. The Labute approximate surface area is 158 Å². The molecule has 8 heteroatoms. The van der Waals surface area contributed by atoms with Crippen LogP contribution >= 0.6 is 11.3 Å². The van der Waals surface area contributed by atoms with Crippen molar-refractivity contribution in [1.29, 1.82) is 0 Å². The Bertz CT molecular complexity index is 884. The molecule has 1 aliphatic rings. The van der Waals surface area contributed by atoms with Crippen molar-refractivity contribution < 1.29 is 17.9 Å². The van der Waals surface area contributed by atoms with Gasteiger partial charge < -0.3 is 9.64 Å². The third-order valence-electron chi connectivity index (χ3n) is 4.32. The summed E-state index contributed by atoms with van der Waals surface area (Å²) in [5.41, 5.74) is 1.54.